The molecule has 9 rings (SSSR count). The fourth-order valence-electron chi connectivity index (χ4n) is 8.26. The monoisotopic (exact) mass is 613 g/mol. The SMILES string of the molecule is C#Cc1cccc2cc(O)cc(-c3c(F)cc4c(N5C[C@@]6(C)CC[C@H]5CN6)nc(OC[C@@]56CCCN5C[C@H](F)C6)nc4c3F)c12. The van der Waals surface area contributed by atoms with Crippen molar-refractivity contribution in [3.63, 3.8) is 0 Å². The Labute approximate surface area is 259 Å². The number of nitrogens with zero attached hydrogens (tertiary/aromatic N) is 4. The summed E-state index contributed by atoms with van der Waals surface area (Å²) in [5.41, 5.74) is -0.463. The van der Waals surface area contributed by atoms with Crippen LogP contribution in [0.5, 0.6) is 11.8 Å². The Morgan fingerprint density at radius 3 is 2.84 bits per heavy atom. The van der Waals surface area contributed by atoms with E-state index in [-0.39, 0.29) is 52.0 Å². The highest BCUT2D eigenvalue weighted by Gasteiger charge is 2.49. The molecule has 5 saturated heterocycles. The van der Waals surface area contributed by atoms with Crippen LogP contribution in [0.25, 0.3) is 32.8 Å². The van der Waals surface area contributed by atoms with Crippen LogP contribution in [0.4, 0.5) is 19.0 Å². The van der Waals surface area contributed by atoms with Crippen molar-refractivity contribution in [2.75, 3.05) is 37.7 Å². The minimum Gasteiger partial charge on any atom is -0.508 e. The van der Waals surface area contributed by atoms with Crippen LogP contribution in [-0.2, 0) is 0 Å². The molecule has 0 aliphatic carbocycles. The number of benzene rings is 3. The Hall–Kier alpha value is -4.07. The van der Waals surface area contributed by atoms with Gasteiger partial charge in [-0.2, -0.15) is 9.97 Å². The van der Waals surface area contributed by atoms with Crippen LogP contribution in [0.15, 0.2) is 36.4 Å². The normalized spacial score (nSPS) is 27.8. The van der Waals surface area contributed by atoms with E-state index in [2.05, 4.69) is 32.9 Å². The van der Waals surface area contributed by atoms with E-state index in [0.717, 1.165) is 38.8 Å². The zero-order valence-electron chi connectivity index (χ0n) is 25.0. The maximum Gasteiger partial charge on any atom is 0.319 e. The smallest absolute Gasteiger partial charge is 0.319 e. The Morgan fingerprint density at radius 2 is 2.07 bits per heavy atom. The maximum absolute atomic E-state index is 16.9. The van der Waals surface area contributed by atoms with E-state index in [1.165, 1.54) is 18.2 Å². The summed E-state index contributed by atoms with van der Waals surface area (Å²) in [5.74, 6) is 1.16. The standard InChI is InChI=1S/C35H34F3N5O2/c1-3-20-6-4-7-21-12-24(44)13-25(28(20)21)29-27(37)14-26-31(30(29)38)40-33(45-19-35-9-5-11-42(35)17-22(36)15-35)41-32(26)43-18-34(2)10-8-23(43)16-39-34/h1,4,6-7,12-14,22-23,39,44H,5,8-11,15-19H2,2H3/t22-,23+,34-,35+/m1/s1. The van der Waals surface area contributed by atoms with Crippen molar-refractivity contribution in [1.29, 1.82) is 0 Å². The lowest BCUT2D eigenvalue weighted by Crippen LogP contribution is -2.67. The zero-order chi connectivity index (χ0) is 31.1. The minimum absolute atomic E-state index is 0.0258. The maximum atomic E-state index is 16.9. The van der Waals surface area contributed by atoms with Crippen LogP contribution >= 0.6 is 0 Å². The number of piperazine rings is 1. The second-order valence-corrected chi connectivity index (χ2v) is 13.4. The molecule has 2 bridgehead atoms. The highest BCUT2D eigenvalue weighted by Crippen LogP contribution is 2.44. The van der Waals surface area contributed by atoms with Crippen molar-refractivity contribution in [2.45, 2.75) is 62.3 Å². The van der Waals surface area contributed by atoms with Gasteiger partial charge in [-0.05, 0) is 68.8 Å². The van der Waals surface area contributed by atoms with Gasteiger partial charge in [0.2, 0.25) is 0 Å². The topological polar surface area (TPSA) is 73.8 Å². The molecule has 0 saturated carbocycles. The number of hydrogen-bond acceptors (Lipinski definition) is 7. The van der Waals surface area contributed by atoms with Crippen LogP contribution in [-0.4, -0.2) is 76.1 Å². The third-order valence-corrected chi connectivity index (χ3v) is 10.5. The second kappa shape index (κ2) is 10.2. The van der Waals surface area contributed by atoms with Gasteiger partial charge in [0.15, 0.2) is 5.82 Å². The number of terminal acetylenes is 1. The Morgan fingerprint density at radius 1 is 1.20 bits per heavy atom. The van der Waals surface area contributed by atoms with Crippen LogP contribution in [0, 0.1) is 24.0 Å². The van der Waals surface area contributed by atoms with Crippen LogP contribution in [0.3, 0.4) is 0 Å². The predicted octanol–water partition coefficient (Wildman–Crippen LogP) is 5.70. The molecule has 0 amide bonds. The second-order valence-electron chi connectivity index (χ2n) is 13.4. The van der Waals surface area contributed by atoms with Gasteiger partial charge >= 0.3 is 6.01 Å². The average molecular weight is 614 g/mol. The van der Waals surface area contributed by atoms with Crippen molar-refractivity contribution in [3.8, 4) is 35.2 Å². The largest absolute Gasteiger partial charge is 0.508 e. The van der Waals surface area contributed by atoms with Gasteiger partial charge in [-0.1, -0.05) is 18.1 Å². The number of anilines is 1. The van der Waals surface area contributed by atoms with E-state index in [4.69, 9.17) is 16.1 Å². The molecule has 10 heteroatoms. The first-order valence-corrected chi connectivity index (χ1v) is 15.6. The first-order chi connectivity index (χ1) is 21.7. The number of phenolic OH excluding ortho intramolecular Hbond substituents is 1. The van der Waals surface area contributed by atoms with Crippen molar-refractivity contribution in [3.05, 3.63) is 53.6 Å². The first-order valence-electron chi connectivity index (χ1n) is 15.6. The molecule has 4 aromatic rings. The van der Waals surface area contributed by atoms with Gasteiger partial charge < -0.3 is 20.1 Å². The number of halogens is 3. The molecule has 0 unspecified atom stereocenters. The third-order valence-electron chi connectivity index (χ3n) is 10.5. The van der Waals surface area contributed by atoms with Gasteiger partial charge in [0.25, 0.3) is 0 Å². The van der Waals surface area contributed by atoms with E-state index in [9.17, 15) is 9.50 Å². The predicted molar refractivity (Wildman–Crippen MR) is 167 cm³/mol. The molecule has 2 N–H and O–H groups in total. The summed E-state index contributed by atoms with van der Waals surface area (Å²) >= 11 is 0. The molecule has 232 valence electrons. The highest BCUT2D eigenvalue weighted by atomic mass is 19.1. The van der Waals surface area contributed by atoms with Crippen molar-refractivity contribution >= 4 is 27.5 Å². The highest BCUT2D eigenvalue weighted by molar-refractivity contribution is 6.04. The lowest BCUT2D eigenvalue weighted by molar-refractivity contribution is 0.107. The average Bonchev–Trinajstić information content (AvgIpc) is 3.55. The van der Waals surface area contributed by atoms with Crippen LogP contribution in [0.2, 0.25) is 0 Å². The number of aromatic hydroxyl groups is 1. The summed E-state index contributed by atoms with van der Waals surface area (Å²) in [7, 11) is 0. The van der Waals surface area contributed by atoms with Crippen LogP contribution < -0.4 is 15.0 Å². The van der Waals surface area contributed by atoms with Gasteiger partial charge in [-0.25, -0.2) is 13.2 Å². The van der Waals surface area contributed by atoms with Crippen molar-refractivity contribution in [1.82, 2.24) is 20.2 Å². The summed E-state index contributed by atoms with van der Waals surface area (Å²) < 4.78 is 53.9. The molecular formula is C35H34F3N5O2. The summed E-state index contributed by atoms with van der Waals surface area (Å²) in [4.78, 5) is 13.6. The van der Waals surface area contributed by atoms with Crippen molar-refractivity contribution in [2.24, 2.45) is 0 Å². The number of hydrogen-bond donors (Lipinski definition) is 2. The van der Waals surface area contributed by atoms with E-state index < -0.39 is 23.3 Å². The fourth-order valence-corrected chi connectivity index (χ4v) is 8.26. The molecule has 5 fully saturated rings. The van der Waals surface area contributed by atoms with Crippen molar-refractivity contribution < 1.29 is 23.0 Å². The molecule has 0 radical (unpaired) electrons. The number of rotatable bonds is 5. The number of phenols is 1. The quantitative estimate of drug-likeness (QED) is 0.280. The third kappa shape index (κ3) is 4.50. The first kappa shape index (κ1) is 28.4. The van der Waals surface area contributed by atoms with Crippen LogP contribution in [0.1, 0.15) is 44.6 Å². The number of ether oxygens (including phenoxy) is 1. The van der Waals surface area contributed by atoms with E-state index in [0.29, 0.717) is 41.7 Å². The Balaban J connectivity index is 1.31. The summed E-state index contributed by atoms with van der Waals surface area (Å²) in [6.45, 7) is 4.85. The van der Waals surface area contributed by atoms with Gasteiger partial charge in [0.1, 0.15) is 35.7 Å². The Bertz CT molecular complexity index is 1900. The van der Waals surface area contributed by atoms with Gasteiger partial charge in [0, 0.05) is 59.5 Å². The molecular weight excluding hydrogens is 579 g/mol. The molecule has 4 atom stereocenters. The molecule has 0 spiro atoms. The zero-order valence-corrected chi connectivity index (χ0v) is 25.0. The number of fused-ring (bicyclic) bond motifs is 6. The van der Waals surface area contributed by atoms with Gasteiger partial charge in [-0.3, -0.25) is 4.90 Å². The minimum atomic E-state index is -0.924. The Kier molecular flexibility index (Phi) is 6.45. The lowest BCUT2D eigenvalue weighted by atomic mass is 9.82. The van der Waals surface area contributed by atoms with Gasteiger partial charge in [0.05, 0.1) is 11.1 Å². The molecule has 5 aliphatic heterocycles. The molecule has 1 aromatic heterocycles. The molecule has 45 heavy (non-hydrogen) atoms. The summed E-state index contributed by atoms with van der Waals surface area (Å²) in [6.07, 6.45) is 8.89. The fraction of sp³-hybridized carbons (Fsp3) is 0.429. The van der Waals surface area contributed by atoms with E-state index >= 15 is 8.78 Å². The molecule has 5 aliphatic rings. The number of aromatic nitrogens is 2. The summed E-state index contributed by atoms with van der Waals surface area (Å²) in [6, 6.07) is 9.35. The van der Waals surface area contributed by atoms with E-state index in [1.54, 1.807) is 18.2 Å². The molecule has 7 nitrogen and oxygen atoms in total. The lowest BCUT2D eigenvalue weighted by Gasteiger charge is -2.52. The van der Waals surface area contributed by atoms with E-state index in [1.807, 2.05) is 0 Å². The number of nitrogens with one attached hydrogen (secondary N) is 1. The molecule has 6 heterocycles. The summed E-state index contributed by atoms with van der Waals surface area (Å²) in [5, 5.41) is 15.4. The molecule has 3 aromatic carbocycles. The number of alkyl halides is 1. The number of piperidine rings is 2. The van der Waals surface area contributed by atoms with Gasteiger partial charge in [-0.15, -0.1) is 6.42 Å².